The van der Waals surface area contributed by atoms with E-state index in [1.165, 1.54) is 40.1 Å². The Labute approximate surface area is 179 Å². The second-order valence-corrected chi connectivity index (χ2v) is 7.36. The van der Waals surface area contributed by atoms with Crippen LogP contribution in [-0.2, 0) is 17.1 Å². The summed E-state index contributed by atoms with van der Waals surface area (Å²) in [5.41, 5.74) is -1.46. The van der Waals surface area contributed by atoms with E-state index in [0.29, 0.717) is 0 Å². The van der Waals surface area contributed by atoms with Gasteiger partial charge in [0.25, 0.3) is 0 Å². The van der Waals surface area contributed by atoms with Crippen molar-refractivity contribution in [1.82, 2.24) is 4.90 Å². The number of rotatable bonds is 3. The highest BCUT2D eigenvalue weighted by molar-refractivity contribution is 6.30. The zero-order valence-electron chi connectivity index (χ0n) is 16.0. The van der Waals surface area contributed by atoms with E-state index < -0.39 is 29.4 Å². The summed E-state index contributed by atoms with van der Waals surface area (Å²) in [6.07, 6.45) is -6.59. The third-order valence-electron chi connectivity index (χ3n) is 4.83. The Bertz CT molecular complexity index is 979. The molecule has 2 aromatic carbocycles. The van der Waals surface area contributed by atoms with E-state index in [0.717, 1.165) is 24.3 Å². The topological polar surface area (TPSA) is 23.6 Å². The van der Waals surface area contributed by atoms with Crippen molar-refractivity contribution >= 4 is 29.3 Å². The SMILES string of the molecule is O=C(/C=C\c1cccc(C(F)(F)F)c1)N1CCN(c2cc(Cl)ccc2C(F)(F)F)CC1. The number of halogens is 7. The number of alkyl halides is 6. The molecule has 0 aliphatic carbocycles. The van der Waals surface area contributed by atoms with Crippen molar-refractivity contribution in [2.75, 3.05) is 31.1 Å². The van der Waals surface area contributed by atoms with E-state index in [4.69, 9.17) is 11.6 Å². The van der Waals surface area contributed by atoms with Crippen molar-refractivity contribution in [1.29, 1.82) is 0 Å². The van der Waals surface area contributed by atoms with Crippen molar-refractivity contribution in [2.45, 2.75) is 12.4 Å². The zero-order valence-corrected chi connectivity index (χ0v) is 16.7. The highest BCUT2D eigenvalue weighted by Crippen LogP contribution is 2.38. The van der Waals surface area contributed by atoms with Gasteiger partial charge in [-0.1, -0.05) is 23.7 Å². The third-order valence-corrected chi connectivity index (χ3v) is 5.06. The fourth-order valence-electron chi connectivity index (χ4n) is 3.27. The van der Waals surface area contributed by atoms with E-state index >= 15 is 0 Å². The standard InChI is InChI=1S/C21H17ClF6N2O/c22-16-5-6-17(21(26,27)28)18(13-16)29-8-10-30(11-9-29)19(31)7-4-14-2-1-3-15(12-14)20(23,24)25/h1-7,12-13H,8-11H2/b7-4-. The molecule has 0 spiro atoms. The van der Waals surface area contributed by atoms with Crippen molar-refractivity contribution in [3.8, 4) is 0 Å². The van der Waals surface area contributed by atoms with Crippen molar-refractivity contribution < 1.29 is 31.1 Å². The summed E-state index contributed by atoms with van der Waals surface area (Å²) in [5.74, 6) is -0.431. The van der Waals surface area contributed by atoms with Crippen LogP contribution >= 0.6 is 11.6 Å². The summed E-state index contributed by atoms with van der Waals surface area (Å²) >= 11 is 5.87. The fraction of sp³-hybridized carbons (Fsp3) is 0.286. The normalized spacial score (nSPS) is 15.6. The van der Waals surface area contributed by atoms with Crippen LogP contribution in [0.5, 0.6) is 0 Å². The number of amides is 1. The van der Waals surface area contributed by atoms with Crippen LogP contribution in [0, 0.1) is 0 Å². The Morgan fingerprint density at radius 3 is 2.19 bits per heavy atom. The number of carbonyl (C=O) groups excluding carboxylic acids is 1. The number of hydrogen-bond acceptors (Lipinski definition) is 2. The second kappa shape index (κ2) is 8.82. The summed E-state index contributed by atoms with van der Waals surface area (Å²) in [6, 6.07) is 7.89. The Morgan fingerprint density at radius 2 is 1.58 bits per heavy atom. The Balaban J connectivity index is 1.66. The summed E-state index contributed by atoms with van der Waals surface area (Å²) in [7, 11) is 0. The van der Waals surface area contributed by atoms with Crippen LogP contribution in [0.15, 0.2) is 48.5 Å². The molecule has 1 fully saturated rings. The molecular weight excluding hydrogens is 446 g/mol. The summed E-state index contributed by atoms with van der Waals surface area (Å²) in [6.45, 7) is 0.643. The molecule has 0 N–H and O–H groups in total. The molecule has 10 heteroatoms. The fourth-order valence-corrected chi connectivity index (χ4v) is 3.43. The Morgan fingerprint density at radius 1 is 0.903 bits per heavy atom. The molecule has 0 radical (unpaired) electrons. The second-order valence-electron chi connectivity index (χ2n) is 6.93. The lowest BCUT2D eigenvalue weighted by molar-refractivity contribution is -0.138. The molecule has 0 atom stereocenters. The van der Waals surface area contributed by atoms with Gasteiger partial charge in [-0.15, -0.1) is 0 Å². The van der Waals surface area contributed by atoms with Gasteiger partial charge in [0.1, 0.15) is 0 Å². The first-order chi connectivity index (χ1) is 14.4. The number of hydrogen-bond donors (Lipinski definition) is 0. The Hall–Kier alpha value is -2.68. The maximum atomic E-state index is 13.3. The number of anilines is 1. The molecule has 0 saturated carbocycles. The van der Waals surface area contributed by atoms with E-state index in [2.05, 4.69) is 0 Å². The van der Waals surface area contributed by atoms with Crippen molar-refractivity contribution in [3.05, 3.63) is 70.3 Å². The first-order valence-corrected chi connectivity index (χ1v) is 9.59. The molecule has 1 saturated heterocycles. The number of nitrogens with zero attached hydrogens (tertiary/aromatic N) is 2. The lowest BCUT2D eigenvalue weighted by Crippen LogP contribution is -2.48. The van der Waals surface area contributed by atoms with E-state index in [-0.39, 0.29) is 42.5 Å². The van der Waals surface area contributed by atoms with Crippen LogP contribution in [-0.4, -0.2) is 37.0 Å². The van der Waals surface area contributed by atoms with Crippen LogP contribution < -0.4 is 4.90 Å². The average Bonchev–Trinajstić information content (AvgIpc) is 2.71. The summed E-state index contributed by atoms with van der Waals surface area (Å²) in [4.78, 5) is 15.3. The number of carbonyl (C=O) groups is 1. The third kappa shape index (κ3) is 5.72. The largest absolute Gasteiger partial charge is 0.418 e. The lowest BCUT2D eigenvalue weighted by atomic mass is 10.1. The lowest BCUT2D eigenvalue weighted by Gasteiger charge is -2.36. The van der Waals surface area contributed by atoms with Crippen LogP contribution in [0.3, 0.4) is 0 Å². The maximum absolute atomic E-state index is 13.3. The molecule has 0 unspecified atom stereocenters. The molecule has 0 bridgehead atoms. The molecule has 166 valence electrons. The van der Waals surface area contributed by atoms with Gasteiger partial charge in [0.15, 0.2) is 0 Å². The van der Waals surface area contributed by atoms with Gasteiger partial charge in [-0.3, -0.25) is 4.79 Å². The van der Waals surface area contributed by atoms with Gasteiger partial charge >= 0.3 is 12.4 Å². The van der Waals surface area contributed by atoms with Gasteiger partial charge in [0.05, 0.1) is 16.8 Å². The predicted molar refractivity (Wildman–Crippen MR) is 106 cm³/mol. The van der Waals surface area contributed by atoms with Gasteiger partial charge in [-0.2, -0.15) is 26.3 Å². The summed E-state index contributed by atoms with van der Waals surface area (Å²) in [5, 5.41) is 0.172. The van der Waals surface area contributed by atoms with Crippen LogP contribution in [0.25, 0.3) is 6.08 Å². The Kier molecular flexibility index (Phi) is 6.54. The molecule has 2 aromatic rings. The predicted octanol–water partition coefficient (Wildman–Crippen LogP) is 5.74. The minimum atomic E-state index is -4.54. The van der Waals surface area contributed by atoms with E-state index in [1.807, 2.05) is 0 Å². The monoisotopic (exact) mass is 462 g/mol. The first kappa shape index (κ1) is 23.0. The molecule has 31 heavy (non-hydrogen) atoms. The molecule has 1 heterocycles. The van der Waals surface area contributed by atoms with Gasteiger partial charge in [0.2, 0.25) is 5.91 Å². The van der Waals surface area contributed by atoms with Crippen LogP contribution in [0.2, 0.25) is 5.02 Å². The molecule has 1 amide bonds. The highest BCUT2D eigenvalue weighted by atomic mass is 35.5. The molecule has 3 rings (SSSR count). The smallest absolute Gasteiger partial charge is 0.367 e. The van der Waals surface area contributed by atoms with E-state index in [9.17, 15) is 31.1 Å². The van der Waals surface area contributed by atoms with E-state index in [1.54, 1.807) is 0 Å². The molecule has 0 aromatic heterocycles. The van der Waals surface area contributed by atoms with Crippen LogP contribution in [0.4, 0.5) is 32.0 Å². The first-order valence-electron chi connectivity index (χ1n) is 9.21. The van der Waals surface area contributed by atoms with Crippen molar-refractivity contribution in [2.24, 2.45) is 0 Å². The minimum Gasteiger partial charge on any atom is -0.367 e. The minimum absolute atomic E-state index is 0.0494. The number of benzene rings is 2. The van der Waals surface area contributed by atoms with Crippen LogP contribution in [0.1, 0.15) is 16.7 Å². The quantitative estimate of drug-likeness (QED) is 0.429. The van der Waals surface area contributed by atoms with Gasteiger partial charge in [-0.25, -0.2) is 0 Å². The van der Waals surface area contributed by atoms with Gasteiger partial charge in [-0.05, 0) is 42.0 Å². The zero-order chi connectivity index (χ0) is 22.8. The van der Waals surface area contributed by atoms with Gasteiger partial charge < -0.3 is 9.80 Å². The molecule has 3 nitrogen and oxygen atoms in total. The average molecular weight is 463 g/mol. The molecule has 1 aliphatic heterocycles. The highest BCUT2D eigenvalue weighted by Gasteiger charge is 2.36. The maximum Gasteiger partial charge on any atom is 0.418 e. The van der Waals surface area contributed by atoms with Crippen molar-refractivity contribution in [3.63, 3.8) is 0 Å². The number of piperazine rings is 1. The summed E-state index contributed by atoms with van der Waals surface area (Å²) < 4.78 is 78.2. The molecular formula is C21H17ClF6N2O. The van der Waals surface area contributed by atoms with Gasteiger partial charge in [0, 0.05) is 37.3 Å². The molecule has 1 aliphatic rings.